The lowest BCUT2D eigenvalue weighted by Gasteiger charge is -2.29. The predicted octanol–water partition coefficient (Wildman–Crippen LogP) is -3.11. The van der Waals surface area contributed by atoms with E-state index < -0.39 is 107 Å². The van der Waals surface area contributed by atoms with Crippen molar-refractivity contribution in [3.63, 3.8) is 0 Å². The number of hydrogen-bond donors (Lipinski definition) is 15. The fourth-order valence-electron chi connectivity index (χ4n) is 7.53. The van der Waals surface area contributed by atoms with Crippen LogP contribution in [0.5, 0.6) is 0 Å². The van der Waals surface area contributed by atoms with Gasteiger partial charge in [-0.05, 0) is 94.4 Å². The Morgan fingerprint density at radius 3 is 1.57 bits per heavy atom. The van der Waals surface area contributed by atoms with Gasteiger partial charge in [0.05, 0.1) is 12.4 Å². The highest BCUT2D eigenvalue weighted by molar-refractivity contribution is 5.97. The van der Waals surface area contributed by atoms with Crippen molar-refractivity contribution >= 4 is 59.2 Å². The lowest BCUT2D eigenvalue weighted by molar-refractivity contribution is -0.136. The van der Waals surface area contributed by atoms with Gasteiger partial charge in [0.25, 0.3) is 0 Å². The lowest BCUT2D eigenvalue weighted by Crippen LogP contribution is -2.61. The molecule has 75 heavy (non-hydrogen) atoms. The van der Waals surface area contributed by atoms with Gasteiger partial charge in [-0.25, -0.2) is 9.37 Å². The number of benzene rings is 1. The molecule has 0 aliphatic rings. The first kappa shape index (κ1) is 63.7. The summed E-state index contributed by atoms with van der Waals surface area (Å²) in [4.78, 5) is 124. The van der Waals surface area contributed by atoms with E-state index in [0.717, 1.165) is 0 Å². The number of aromatic amines is 1. The van der Waals surface area contributed by atoms with Crippen LogP contribution in [0.4, 0.5) is 4.39 Å². The Kier molecular flexibility index (Phi) is 28.4. The number of aromatic nitrogens is 2. The molecule has 2 rings (SSSR count). The fraction of sp³-hybridized carbons (Fsp3) is 0.604. The number of halogens is 1. The van der Waals surface area contributed by atoms with Gasteiger partial charge in [-0.15, -0.1) is 0 Å². The van der Waals surface area contributed by atoms with Crippen molar-refractivity contribution in [2.75, 3.05) is 19.6 Å². The molecule has 27 heteroatoms. The van der Waals surface area contributed by atoms with Crippen molar-refractivity contribution in [1.29, 1.82) is 0 Å². The molecule has 0 saturated carbocycles. The Labute approximate surface area is 437 Å². The Morgan fingerprint density at radius 2 is 1.11 bits per heavy atom. The van der Waals surface area contributed by atoms with Gasteiger partial charge in [0.1, 0.15) is 48.1 Å². The monoisotopic (exact) mass is 1060 g/mol. The van der Waals surface area contributed by atoms with E-state index in [1.807, 2.05) is 13.8 Å². The number of carbonyl (C=O) groups is 8. The zero-order valence-electron chi connectivity index (χ0n) is 43.7. The summed E-state index contributed by atoms with van der Waals surface area (Å²) in [7, 11) is 0. The number of aliphatic imine (C=N–C) groups is 2. The summed E-state index contributed by atoms with van der Waals surface area (Å²) in [5, 5.41) is 18.7. The molecule has 2 aromatic rings. The molecule has 22 N–H and O–H groups in total. The van der Waals surface area contributed by atoms with Crippen molar-refractivity contribution < 1.29 is 42.7 Å². The van der Waals surface area contributed by atoms with Crippen molar-refractivity contribution in [1.82, 2.24) is 47.2 Å². The third kappa shape index (κ3) is 24.4. The molecule has 418 valence electrons. The third-order valence-corrected chi connectivity index (χ3v) is 12.0. The molecule has 1 heterocycles. The number of rotatable bonds is 35. The summed E-state index contributed by atoms with van der Waals surface area (Å²) in [6.07, 6.45) is 4.68. The second-order valence-corrected chi connectivity index (χ2v) is 18.8. The molecule has 1 aromatic heterocycles. The van der Waals surface area contributed by atoms with Gasteiger partial charge in [0.15, 0.2) is 11.9 Å². The van der Waals surface area contributed by atoms with E-state index in [9.17, 15) is 42.7 Å². The smallest absolute Gasteiger partial charge is 0.243 e. The Morgan fingerprint density at radius 1 is 0.613 bits per heavy atom. The van der Waals surface area contributed by atoms with E-state index in [1.165, 1.54) is 43.7 Å². The highest BCUT2D eigenvalue weighted by Gasteiger charge is 2.35. The van der Waals surface area contributed by atoms with Gasteiger partial charge < -0.3 is 82.3 Å². The van der Waals surface area contributed by atoms with Crippen LogP contribution in [-0.4, -0.2) is 137 Å². The highest BCUT2D eigenvalue weighted by atomic mass is 19.1. The Balaban J connectivity index is 2.43. The van der Waals surface area contributed by atoms with Crippen molar-refractivity contribution in [3.8, 4) is 0 Å². The maximum atomic E-state index is 14.4. The van der Waals surface area contributed by atoms with Crippen molar-refractivity contribution in [3.05, 3.63) is 53.9 Å². The number of imidazole rings is 1. The first-order valence-electron chi connectivity index (χ1n) is 25.2. The zero-order valence-corrected chi connectivity index (χ0v) is 43.7. The van der Waals surface area contributed by atoms with Gasteiger partial charge in [-0.3, -0.25) is 48.3 Å². The van der Waals surface area contributed by atoms with Gasteiger partial charge >= 0.3 is 0 Å². The number of guanidine groups is 2. The number of nitrogens with two attached hydrogens (primary N) is 7. The van der Waals surface area contributed by atoms with Gasteiger partial charge in [0, 0.05) is 37.8 Å². The van der Waals surface area contributed by atoms with Crippen LogP contribution in [-0.2, 0) is 51.2 Å². The largest absolute Gasteiger partial charge is 0.370 e. The molecular formula is C48H81FN18O8. The predicted molar refractivity (Wildman–Crippen MR) is 280 cm³/mol. The van der Waals surface area contributed by atoms with E-state index in [-0.39, 0.29) is 88.8 Å². The maximum Gasteiger partial charge on any atom is 0.243 e. The Hall–Kier alpha value is -7.42. The first-order valence-corrected chi connectivity index (χ1v) is 25.2. The maximum absolute atomic E-state index is 14.4. The van der Waals surface area contributed by atoms with Crippen LogP contribution < -0.4 is 77.4 Å². The molecule has 0 saturated heterocycles. The average molecular weight is 1060 g/mol. The van der Waals surface area contributed by atoms with Crippen LogP contribution in [0.3, 0.4) is 0 Å². The topological polar surface area (TPSA) is 456 Å². The Bertz CT molecular complexity index is 2210. The summed E-state index contributed by atoms with van der Waals surface area (Å²) in [6, 6.07) is -4.45. The average Bonchev–Trinajstić information content (AvgIpc) is 3.87. The molecule has 0 aliphatic carbocycles. The number of amides is 8. The van der Waals surface area contributed by atoms with Crippen LogP contribution in [0, 0.1) is 17.7 Å². The molecular weight excluding hydrogens is 976 g/mol. The number of H-pyrrole nitrogens is 1. The van der Waals surface area contributed by atoms with Crippen molar-refractivity contribution in [2.24, 2.45) is 62.0 Å². The molecule has 0 spiro atoms. The fourth-order valence-corrected chi connectivity index (χ4v) is 7.53. The zero-order chi connectivity index (χ0) is 56.2. The molecule has 0 bridgehead atoms. The molecule has 0 fully saturated rings. The lowest BCUT2D eigenvalue weighted by atomic mass is 9.95. The molecule has 1 aromatic carbocycles. The van der Waals surface area contributed by atoms with Crippen LogP contribution in [0.15, 0.2) is 46.8 Å². The minimum absolute atomic E-state index is 0.0506. The van der Waals surface area contributed by atoms with Gasteiger partial charge in [-0.2, -0.15) is 0 Å². The summed E-state index contributed by atoms with van der Waals surface area (Å²) >= 11 is 0. The number of unbranched alkanes of at least 4 members (excludes halogenated alkanes) is 1. The summed E-state index contributed by atoms with van der Waals surface area (Å²) in [5.41, 5.74) is 40.7. The normalized spacial score (nSPS) is 14.7. The van der Waals surface area contributed by atoms with E-state index in [4.69, 9.17) is 40.1 Å². The van der Waals surface area contributed by atoms with Crippen molar-refractivity contribution in [2.45, 2.75) is 154 Å². The minimum atomic E-state index is -1.35. The van der Waals surface area contributed by atoms with Gasteiger partial charge in [0.2, 0.25) is 47.3 Å². The van der Waals surface area contributed by atoms with E-state index in [2.05, 4.69) is 57.2 Å². The number of primary amides is 1. The number of hydrogen-bond acceptors (Lipinski definition) is 13. The number of nitrogens with zero attached hydrogens (tertiary/aromatic N) is 3. The summed E-state index contributed by atoms with van der Waals surface area (Å²) < 4.78 is 13.6. The molecule has 26 nitrogen and oxygen atoms in total. The second kappa shape index (κ2) is 33.4. The standard InChI is InChI=1S/C48H81FN18O8/c1-6-27(4)38(46(75)65-36(39(52)68)22-29-14-16-30(49)17-15-29)67-45(74)37(21-26(2)3)66-44(73)35(13-10-20-59-48(55)56)64-43(72)34(12-9-19-58-47(53)54)63-42(71)33(11-7-8-18-50)62-40(69)28(5)61-41(70)32(51)23-31-24-57-25-60-31/h14-17,24-28,32-38H,6-13,18-23,50-51H2,1-5H3,(H2,52,68)(H,57,60)(H,61,70)(H,62,69)(H,63,71)(H,64,72)(H,65,75)(H,66,73)(H,67,74)(H4,53,54,58)(H4,55,56,59)/t27-,28-,32-,33-,34-,35-,36-,37-,38-/m0/s1. The molecule has 0 aliphatic heterocycles. The summed E-state index contributed by atoms with van der Waals surface area (Å²) in [5.74, 6) is -7.65. The molecule has 8 amide bonds. The molecule has 0 radical (unpaired) electrons. The number of carbonyl (C=O) groups excluding carboxylic acids is 8. The van der Waals surface area contributed by atoms with Crippen LogP contribution in [0.1, 0.15) is 104 Å². The minimum Gasteiger partial charge on any atom is -0.370 e. The quantitative estimate of drug-likeness (QED) is 0.0185. The SMILES string of the molecule is CC[C@H](C)[C@H](NC(=O)[C@H](CC(C)C)NC(=O)[C@H](CCCN=C(N)N)NC(=O)[C@H](CCCN=C(N)N)NC(=O)[C@H](CCCCN)NC(=O)[C@H](C)NC(=O)[C@@H](N)Cc1cnc[nH]1)C(=O)N[C@@H](Cc1ccc(F)cc1)C(N)=O. The van der Waals surface area contributed by atoms with Crippen LogP contribution >= 0.6 is 0 Å². The van der Waals surface area contributed by atoms with E-state index >= 15 is 0 Å². The van der Waals surface area contributed by atoms with Crippen LogP contribution in [0.2, 0.25) is 0 Å². The molecule has 9 atom stereocenters. The third-order valence-electron chi connectivity index (χ3n) is 12.0. The molecule has 0 unspecified atom stereocenters. The summed E-state index contributed by atoms with van der Waals surface area (Å²) in [6.45, 7) is 8.94. The van der Waals surface area contributed by atoms with E-state index in [1.54, 1.807) is 13.8 Å². The van der Waals surface area contributed by atoms with E-state index in [0.29, 0.717) is 30.5 Å². The highest BCUT2D eigenvalue weighted by Crippen LogP contribution is 2.14. The van der Waals surface area contributed by atoms with Gasteiger partial charge in [-0.1, -0.05) is 46.2 Å². The number of nitrogens with one attached hydrogen (secondary N) is 8. The first-order chi connectivity index (χ1) is 35.4. The van der Waals surface area contributed by atoms with Crippen LogP contribution in [0.25, 0.3) is 0 Å². The second-order valence-electron chi connectivity index (χ2n) is 18.8.